The Labute approximate surface area is 117 Å². The van der Waals surface area contributed by atoms with E-state index in [1.165, 1.54) is 4.90 Å². The molecule has 0 unspecified atom stereocenters. The average Bonchev–Trinajstić information content (AvgIpc) is 2.79. The monoisotopic (exact) mass is 266 g/mol. The van der Waals surface area contributed by atoms with E-state index in [2.05, 4.69) is 4.98 Å². The van der Waals surface area contributed by atoms with Crippen LogP contribution in [-0.4, -0.2) is 16.8 Å². The van der Waals surface area contributed by atoms with E-state index < -0.39 is 0 Å². The minimum Gasteiger partial charge on any atom is -0.274 e. The Hall–Kier alpha value is -2.49. The number of pyridine rings is 1. The third-order valence-electron chi connectivity index (χ3n) is 3.48. The van der Waals surface area contributed by atoms with Crippen LogP contribution in [0.15, 0.2) is 42.6 Å². The Morgan fingerprint density at radius 2 is 1.75 bits per heavy atom. The lowest BCUT2D eigenvalue weighted by atomic mass is 10.0. The molecule has 0 saturated carbocycles. The van der Waals surface area contributed by atoms with E-state index in [1.54, 1.807) is 12.3 Å². The molecule has 0 atom stereocenters. The number of rotatable bonds is 2. The van der Waals surface area contributed by atoms with Gasteiger partial charge in [-0.1, -0.05) is 24.3 Å². The molecular weight excluding hydrogens is 252 g/mol. The fraction of sp³-hybridized carbons (Fsp3) is 0.188. The maximum absolute atomic E-state index is 11.8. The summed E-state index contributed by atoms with van der Waals surface area (Å²) in [4.78, 5) is 28.9. The van der Waals surface area contributed by atoms with E-state index in [0.717, 1.165) is 16.7 Å². The molecule has 1 aliphatic heterocycles. The number of imide groups is 1. The standard InChI is InChI=1S/C16H14N2O2/c1-11-4-2-3-5-13(11)12-8-9-17-14(10-12)18-15(19)6-7-16(18)20/h2-5,8-10H,6-7H2,1H3. The number of hydrogen-bond acceptors (Lipinski definition) is 3. The van der Waals surface area contributed by atoms with Crippen molar-refractivity contribution in [3.8, 4) is 11.1 Å². The van der Waals surface area contributed by atoms with Gasteiger partial charge in [0.25, 0.3) is 0 Å². The fourth-order valence-electron chi connectivity index (χ4n) is 2.44. The zero-order valence-corrected chi connectivity index (χ0v) is 11.2. The molecule has 2 amide bonds. The van der Waals surface area contributed by atoms with Gasteiger partial charge in [-0.2, -0.15) is 0 Å². The Morgan fingerprint density at radius 1 is 1.05 bits per heavy atom. The fourth-order valence-corrected chi connectivity index (χ4v) is 2.44. The molecule has 2 aromatic rings. The number of benzene rings is 1. The summed E-state index contributed by atoms with van der Waals surface area (Å²) in [6.45, 7) is 2.03. The quantitative estimate of drug-likeness (QED) is 0.785. The molecule has 1 saturated heterocycles. The first-order valence-corrected chi connectivity index (χ1v) is 6.54. The van der Waals surface area contributed by atoms with Crippen molar-refractivity contribution in [2.45, 2.75) is 19.8 Å². The van der Waals surface area contributed by atoms with Gasteiger partial charge in [0, 0.05) is 19.0 Å². The minimum absolute atomic E-state index is 0.176. The molecule has 0 bridgehead atoms. The molecule has 0 aliphatic carbocycles. The highest BCUT2D eigenvalue weighted by atomic mass is 16.2. The SMILES string of the molecule is Cc1ccccc1-c1ccnc(N2C(=O)CCC2=O)c1. The van der Waals surface area contributed by atoms with Crippen LogP contribution in [0, 0.1) is 6.92 Å². The molecule has 0 N–H and O–H groups in total. The zero-order chi connectivity index (χ0) is 14.1. The van der Waals surface area contributed by atoms with Gasteiger partial charge in [-0.3, -0.25) is 9.59 Å². The van der Waals surface area contributed by atoms with Gasteiger partial charge in [-0.15, -0.1) is 0 Å². The van der Waals surface area contributed by atoms with Crippen molar-refractivity contribution in [1.29, 1.82) is 0 Å². The number of hydrogen-bond donors (Lipinski definition) is 0. The van der Waals surface area contributed by atoms with Crippen LogP contribution >= 0.6 is 0 Å². The molecule has 20 heavy (non-hydrogen) atoms. The maximum atomic E-state index is 11.8. The first-order chi connectivity index (χ1) is 9.66. The molecule has 1 fully saturated rings. The summed E-state index contributed by atoms with van der Waals surface area (Å²) >= 11 is 0. The molecule has 0 spiro atoms. The second kappa shape index (κ2) is 4.89. The predicted molar refractivity (Wildman–Crippen MR) is 76.1 cm³/mol. The van der Waals surface area contributed by atoms with Gasteiger partial charge in [0.2, 0.25) is 11.8 Å². The average molecular weight is 266 g/mol. The van der Waals surface area contributed by atoms with Crippen LogP contribution in [-0.2, 0) is 9.59 Å². The predicted octanol–water partition coefficient (Wildman–Crippen LogP) is 2.71. The summed E-state index contributed by atoms with van der Waals surface area (Å²) in [7, 11) is 0. The third kappa shape index (κ3) is 2.09. The van der Waals surface area contributed by atoms with Crippen LogP contribution in [0.3, 0.4) is 0 Å². The van der Waals surface area contributed by atoms with Crippen molar-refractivity contribution in [2.75, 3.05) is 4.90 Å². The highest BCUT2D eigenvalue weighted by Gasteiger charge is 2.31. The van der Waals surface area contributed by atoms with Gasteiger partial charge in [0.1, 0.15) is 5.82 Å². The highest BCUT2D eigenvalue weighted by Crippen LogP contribution is 2.27. The number of anilines is 1. The summed E-state index contributed by atoms with van der Waals surface area (Å²) in [5.41, 5.74) is 3.18. The van der Waals surface area contributed by atoms with Crippen molar-refractivity contribution >= 4 is 17.6 Å². The van der Waals surface area contributed by atoms with Crippen LogP contribution < -0.4 is 4.90 Å². The molecular formula is C16H14N2O2. The minimum atomic E-state index is -0.176. The Bertz CT molecular complexity index is 678. The lowest BCUT2D eigenvalue weighted by molar-refractivity contribution is -0.121. The topological polar surface area (TPSA) is 50.3 Å². The number of aryl methyl sites for hydroxylation is 1. The number of aromatic nitrogens is 1. The second-order valence-corrected chi connectivity index (χ2v) is 4.84. The van der Waals surface area contributed by atoms with Crippen LogP contribution in [0.5, 0.6) is 0 Å². The van der Waals surface area contributed by atoms with Gasteiger partial charge in [0.15, 0.2) is 0 Å². The van der Waals surface area contributed by atoms with Crippen LogP contribution in [0.25, 0.3) is 11.1 Å². The van der Waals surface area contributed by atoms with Gasteiger partial charge >= 0.3 is 0 Å². The lowest BCUT2D eigenvalue weighted by Crippen LogP contribution is -2.29. The van der Waals surface area contributed by atoms with E-state index in [9.17, 15) is 9.59 Å². The van der Waals surface area contributed by atoms with E-state index in [-0.39, 0.29) is 24.7 Å². The third-order valence-corrected chi connectivity index (χ3v) is 3.48. The first kappa shape index (κ1) is 12.5. The molecule has 0 radical (unpaired) electrons. The molecule has 4 heteroatoms. The van der Waals surface area contributed by atoms with E-state index in [4.69, 9.17) is 0 Å². The number of amides is 2. The van der Waals surface area contributed by atoms with Crippen molar-refractivity contribution in [3.63, 3.8) is 0 Å². The molecule has 1 aromatic carbocycles. The Balaban J connectivity index is 2.05. The number of nitrogens with zero attached hydrogens (tertiary/aromatic N) is 2. The smallest absolute Gasteiger partial charge is 0.235 e. The maximum Gasteiger partial charge on any atom is 0.235 e. The Kier molecular flexibility index (Phi) is 3.06. The van der Waals surface area contributed by atoms with Crippen LogP contribution in [0.2, 0.25) is 0 Å². The molecule has 1 aromatic heterocycles. The van der Waals surface area contributed by atoms with E-state index >= 15 is 0 Å². The molecule has 1 aliphatic rings. The second-order valence-electron chi connectivity index (χ2n) is 4.84. The van der Waals surface area contributed by atoms with Gasteiger partial charge in [0.05, 0.1) is 0 Å². The van der Waals surface area contributed by atoms with Crippen molar-refractivity contribution in [3.05, 3.63) is 48.2 Å². The molecule has 100 valence electrons. The lowest BCUT2D eigenvalue weighted by Gasteiger charge is -2.14. The normalized spacial score (nSPS) is 14.9. The number of carbonyl (C=O) groups is 2. The molecule has 3 rings (SSSR count). The van der Waals surface area contributed by atoms with Crippen molar-refractivity contribution in [2.24, 2.45) is 0 Å². The summed E-state index contributed by atoms with van der Waals surface area (Å²) in [5, 5.41) is 0. The van der Waals surface area contributed by atoms with Gasteiger partial charge < -0.3 is 0 Å². The zero-order valence-electron chi connectivity index (χ0n) is 11.2. The van der Waals surface area contributed by atoms with Gasteiger partial charge in [-0.25, -0.2) is 9.88 Å². The van der Waals surface area contributed by atoms with E-state index in [0.29, 0.717) is 5.82 Å². The Morgan fingerprint density at radius 3 is 2.45 bits per heavy atom. The molecule has 2 heterocycles. The van der Waals surface area contributed by atoms with Gasteiger partial charge in [-0.05, 0) is 35.7 Å². The van der Waals surface area contributed by atoms with Crippen molar-refractivity contribution in [1.82, 2.24) is 4.98 Å². The summed E-state index contributed by atoms with van der Waals surface area (Å²) in [6.07, 6.45) is 2.18. The van der Waals surface area contributed by atoms with E-state index in [1.807, 2.05) is 37.3 Å². The van der Waals surface area contributed by atoms with Crippen molar-refractivity contribution < 1.29 is 9.59 Å². The number of carbonyl (C=O) groups excluding carboxylic acids is 2. The molecule has 4 nitrogen and oxygen atoms in total. The highest BCUT2D eigenvalue weighted by molar-refractivity contribution is 6.19. The summed E-state index contributed by atoms with van der Waals surface area (Å²) in [5.74, 6) is 0.0621. The van der Waals surface area contributed by atoms with Crippen LogP contribution in [0.4, 0.5) is 5.82 Å². The first-order valence-electron chi connectivity index (χ1n) is 6.54. The van der Waals surface area contributed by atoms with Crippen LogP contribution in [0.1, 0.15) is 18.4 Å². The largest absolute Gasteiger partial charge is 0.274 e. The summed E-state index contributed by atoms with van der Waals surface area (Å²) in [6, 6.07) is 11.7. The summed E-state index contributed by atoms with van der Waals surface area (Å²) < 4.78 is 0.